The van der Waals surface area contributed by atoms with Gasteiger partial charge in [0.15, 0.2) is 10.9 Å². The Morgan fingerprint density at radius 3 is 2.76 bits per heavy atom. The van der Waals surface area contributed by atoms with E-state index in [1.165, 1.54) is 19.3 Å². The van der Waals surface area contributed by atoms with Crippen molar-refractivity contribution < 1.29 is 9.21 Å². The molecule has 1 fully saturated rings. The fraction of sp³-hybridized carbons (Fsp3) is 0.318. The molecule has 1 aliphatic carbocycles. The van der Waals surface area contributed by atoms with Gasteiger partial charge in [0, 0.05) is 11.4 Å². The van der Waals surface area contributed by atoms with Crippen LogP contribution < -0.4 is 16.2 Å². The van der Waals surface area contributed by atoms with Gasteiger partial charge in [-0.2, -0.15) is 0 Å². The zero-order valence-corrected chi connectivity index (χ0v) is 17.1. The Balaban J connectivity index is 1.50. The van der Waals surface area contributed by atoms with E-state index in [9.17, 15) is 4.79 Å². The topological polar surface area (TPSA) is 79.2 Å². The molecule has 2 aromatic heterocycles. The minimum Gasteiger partial charge on any atom is -0.463 e. The van der Waals surface area contributed by atoms with Crippen LogP contribution in [0, 0.1) is 5.92 Å². The molecule has 0 spiro atoms. The fourth-order valence-electron chi connectivity index (χ4n) is 3.83. The Kier molecular flexibility index (Phi) is 5.76. The minimum atomic E-state index is -0.280. The number of nitrogens with zero attached hydrogens (tertiary/aromatic N) is 1. The Morgan fingerprint density at radius 2 is 1.97 bits per heavy atom. The van der Waals surface area contributed by atoms with Crippen molar-refractivity contribution in [2.45, 2.75) is 38.6 Å². The molecule has 29 heavy (non-hydrogen) atoms. The Hall–Kier alpha value is -2.93. The second-order valence-corrected chi connectivity index (χ2v) is 7.88. The van der Waals surface area contributed by atoms with Gasteiger partial charge in [-0.1, -0.05) is 38.0 Å². The summed E-state index contributed by atoms with van der Waals surface area (Å²) >= 11 is 5.38. The summed E-state index contributed by atoms with van der Waals surface area (Å²) in [7, 11) is 0. The number of rotatable bonds is 3. The number of amides is 1. The number of thiocarbonyl (C=S) groups is 1. The van der Waals surface area contributed by atoms with Gasteiger partial charge in [0.05, 0.1) is 17.3 Å². The fourth-order valence-corrected chi connectivity index (χ4v) is 4.03. The normalized spacial score (nSPS) is 18.9. The molecule has 2 atom stereocenters. The van der Waals surface area contributed by atoms with Gasteiger partial charge in [-0.15, -0.1) is 0 Å². The van der Waals surface area contributed by atoms with Gasteiger partial charge in [0.2, 0.25) is 0 Å². The smallest absolute Gasteiger partial charge is 0.270 e. The molecule has 1 saturated carbocycles. The maximum atomic E-state index is 12.9. The van der Waals surface area contributed by atoms with Crippen LogP contribution in [0.25, 0.3) is 22.4 Å². The molecule has 6 nitrogen and oxygen atoms in total. The molecule has 1 aliphatic rings. The van der Waals surface area contributed by atoms with Crippen LogP contribution in [0.3, 0.4) is 0 Å². The van der Waals surface area contributed by atoms with E-state index in [-0.39, 0.29) is 5.91 Å². The van der Waals surface area contributed by atoms with Crippen molar-refractivity contribution in [1.82, 2.24) is 21.2 Å². The van der Waals surface area contributed by atoms with Crippen molar-refractivity contribution in [3.05, 3.63) is 54.3 Å². The second kappa shape index (κ2) is 8.61. The monoisotopic (exact) mass is 408 g/mol. The van der Waals surface area contributed by atoms with Crippen molar-refractivity contribution in [2.24, 2.45) is 5.92 Å². The summed E-state index contributed by atoms with van der Waals surface area (Å²) < 4.78 is 5.46. The predicted octanol–water partition coefficient (Wildman–Crippen LogP) is 4.18. The molecule has 0 bridgehead atoms. The van der Waals surface area contributed by atoms with E-state index >= 15 is 0 Å². The summed E-state index contributed by atoms with van der Waals surface area (Å²) in [5.74, 6) is 0.901. The molecule has 2 heterocycles. The van der Waals surface area contributed by atoms with E-state index in [2.05, 4.69) is 28.1 Å². The Morgan fingerprint density at radius 1 is 1.14 bits per heavy atom. The van der Waals surface area contributed by atoms with Crippen LogP contribution in [0.4, 0.5) is 0 Å². The lowest BCUT2D eigenvalue weighted by molar-refractivity contribution is 0.0945. The third kappa shape index (κ3) is 4.40. The average molecular weight is 409 g/mol. The molecule has 3 aromatic rings. The number of fused-ring (bicyclic) bond motifs is 1. The van der Waals surface area contributed by atoms with Crippen molar-refractivity contribution in [2.75, 3.05) is 0 Å². The molecular weight excluding hydrogens is 384 g/mol. The van der Waals surface area contributed by atoms with E-state index < -0.39 is 0 Å². The summed E-state index contributed by atoms with van der Waals surface area (Å²) in [4.78, 5) is 17.5. The molecule has 1 aromatic carbocycles. The van der Waals surface area contributed by atoms with Gasteiger partial charge < -0.3 is 9.73 Å². The first kappa shape index (κ1) is 19.4. The van der Waals surface area contributed by atoms with Gasteiger partial charge in [-0.3, -0.25) is 15.6 Å². The molecule has 0 radical (unpaired) electrons. The maximum Gasteiger partial charge on any atom is 0.270 e. The molecule has 1 amide bonds. The molecule has 4 rings (SSSR count). The van der Waals surface area contributed by atoms with Gasteiger partial charge in [0.25, 0.3) is 5.91 Å². The Bertz CT molecular complexity index is 1020. The van der Waals surface area contributed by atoms with E-state index in [0.29, 0.717) is 34.1 Å². The van der Waals surface area contributed by atoms with E-state index in [0.717, 1.165) is 17.3 Å². The van der Waals surface area contributed by atoms with Crippen LogP contribution in [0.1, 0.15) is 43.0 Å². The zero-order valence-electron chi connectivity index (χ0n) is 16.3. The molecule has 7 heteroatoms. The van der Waals surface area contributed by atoms with Gasteiger partial charge in [0.1, 0.15) is 5.69 Å². The number of hydrazine groups is 1. The van der Waals surface area contributed by atoms with Crippen LogP contribution in [0.5, 0.6) is 0 Å². The summed E-state index contributed by atoms with van der Waals surface area (Å²) in [5, 5.41) is 4.52. The van der Waals surface area contributed by atoms with Crippen LogP contribution in [-0.4, -0.2) is 22.0 Å². The number of pyridine rings is 1. The lowest BCUT2D eigenvalue weighted by atomic mass is 9.86. The third-order valence-corrected chi connectivity index (χ3v) is 5.67. The van der Waals surface area contributed by atoms with Crippen LogP contribution in [0.15, 0.2) is 53.1 Å². The number of furan rings is 1. The standard InChI is InChI=1S/C22H24N4O2S/c1-14-7-2-4-9-17(14)24-22(29)26-25-21(27)16-13-19(20-11-6-12-28-20)23-18-10-5-3-8-15(16)18/h3,5-6,8,10-14,17H,2,4,7,9H2,1H3,(H,25,27)(H2,24,26,29)/t14-,17+/m0/s1. The minimum absolute atomic E-state index is 0.280. The predicted molar refractivity (Wildman–Crippen MR) is 117 cm³/mol. The van der Waals surface area contributed by atoms with Crippen molar-refractivity contribution in [1.29, 1.82) is 0 Å². The number of carbonyl (C=O) groups excluding carboxylic acids is 1. The van der Waals surface area contributed by atoms with Crippen LogP contribution in [-0.2, 0) is 0 Å². The quantitative estimate of drug-likeness (QED) is 0.446. The number of para-hydroxylation sites is 1. The molecule has 150 valence electrons. The summed E-state index contributed by atoms with van der Waals surface area (Å²) in [6.07, 6.45) is 6.35. The number of carbonyl (C=O) groups is 1. The summed E-state index contributed by atoms with van der Waals surface area (Å²) in [6.45, 7) is 2.23. The van der Waals surface area contributed by atoms with Gasteiger partial charge in [-0.05, 0) is 55.2 Å². The molecular formula is C22H24N4O2S. The first-order chi connectivity index (χ1) is 14.1. The van der Waals surface area contributed by atoms with Gasteiger partial charge >= 0.3 is 0 Å². The lowest BCUT2D eigenvalue weighted by Crippen LogP contribution is -2.51. The first-order valence-corrected chi connectivity index (χ1v) is 10.3. The first-order valence-electron chi connectivity index (χ1n) is 9.92. The molecule has 0 aliphatic heterocycles. The van der Waals surface area contributed by atoms with Crippen molar-refractivity contribution in [3.8, 4) is 11.5 Å². The van der Waals surface area contributed by atoms with Crippen LogP contribution >= 0.6 is 12.2 Å². The summed E-state index contributed by atoms with van der Waals surface area (Å²) in [6, 6.07) is 13.2. The number of hydrogen-bond acceptors (Lipinski definition) is 4. The third-order valence-electron chi connectivity index (χ3n) is 5.45. The number of hydrogen-bond donors (Lipinski definition) is 3. The highest BCUT2D eigenvalue weighted by Gasteiger charge is 2.22. The SMILES string of the molecule is C[C@H]1CCCC[C@H]1NC(=S)NNC(=O)c1cc(-c2ccco2)nc2ccccc12. The largest absolute Gasteiger partial charge is 0.463 e. The zero-order chi connectivity index (χ0) is 20.2. The Labute approximate surface area is 175 Å². The molecule has 3 N–H and O–H groups in total. The van der Waals surface area contributed by atoms with E-state index in [1.807, 2.05) is 30.3 Å². The summed E-state index contributed by atoms with van der Waals surface area (Å²) in [5.41, 5.74) is 7.40. The van der Waals surface area contributed by atoms with E-state index in [1.54, 1.807) is 18.4 Å². The van der Waals surface area contributed by atoms with Crippen LogP contribution in [0.2, 0.25) is 0 Å². The highest BCUT2D eigenvalue weighted by Crippen LogP contribution is 2.25. The molecule has 0 saturated heterocycles. The van der Waals surface area contributed by atoms with E-state index in [4.69, 9.17) is 16.6 Å². The molecule has 0 unspecified atom stereocenters. The van der Waals surface area contributed by atoms with Gasteiger partial charge in [-0.25, -0.2) is 4.98 Å². The van der Waals surface area contributed by atoms with Crippen molar-refractivity contribution >= 4 is 34.1 Å². The average Bonchev–Trinajstić information content (AvgIpc) is 3.28. The maximum absolute atomic E-state index is 12.9. The highest BCUT2D eigenvalue weighted by molar-refractivity contribution is 7.80. The van der Waals surface area contributed by atoms with Crippen molar-refractivity contribution in [3.63, 3.8) is 0 Å². The number of nitrogens with one attached hydrogen (secondary N) is 3. The number of benzene rings is 1. The second-order valence-electron chi connectivity index (χ2n) is 7.47. The number of aromatic nitrogens is 1. The highest BCUT2D eigenvalue weighted by atomic mass is 32.1. The lowest BCUT2D eigenvalue weighted by Gasteiger charge is -2.30.